The van der Waals surface area contributed by atoms with Crippen molar-refractivity contribution in [3.05, 3.63) is 46.5 Å². The molecular weight excluding hydrogens is 1280 g/mol. The molecule has 5 saturated heterocycles. The number of urea groups is 1. The molecule has 26 nitrogen and oxygen atoms in total. The van der Waals surface area contributed by atoms with Gasteiger partial charge in [-0.15, -0.1) is 11.8 Å². The maximum atomic E-state index is 14.4. The number of halogens is 1. The Morgan fingerprint density at radius 1 is 0.936 bits per heavy atom. The number of nitrogens with one attached hydrogen (secondary N) is 5. The highest BCUT2D eigenvalue weighted by atomic mass is 35.5. The van der Waals surface area contributed by atoms with Crippen LogP contribution in [0, 0.1) is 17.8 Å². The fraction of sp³-hybridized carbons (Fsp3) is 0.708. The highest BCUT2D eigenvalue weighted by Crippen LogP contribution is 2.49. The van der Waals surface area contributed by atoms with E-state index in [0.29, 0.717) is 108 Å². The third-order valence-electron chi connectivity index (χ3n) is 19.0. The normalized spacial score (nSPS) is 30.6. The van der Waals surface area contributed by atoms with E-state index in [1.54, 1.807) is 45.2 Å². The van der Waals surface area contributed by atoms with E-state index in [1.165, 1.54) is 54.7 Å². The van der Waals surface area contributed by atoms with Crippen LogP contribution in [0.15, 0.2) is 35.9 Å². The van der Waals surface area contributed by atoms with Crippen LogP contribution in [-0.2, 0) is 73.1 Å². The number of ether oxygens (including phenoxy) is 8. The number of esters is 1. The van der Waals surface area contributed by atoms with Gasteiger partial charge in [0.2, 0.25) is 35.4 Å². The van der Waals surface area contributed by atoms with Crippen molar-refractivity contribution >= 4 is 94.3 Å². The van der Waals surface area contributed by atoms with Gasteiger partial charge in [0.25, 0.3) is 0 Å². The second kappa shape index (κ2) is 34.5. The first-order chi connectivity index (χ1) is 44.9. The van der Waals surface area contributed by atoms with Crippen LogP contribution in [0.5, 0.6) is 5.75 Å². The van der Waals surface area contributed by atoms with Gasteiger partial charge in [-0.3, -0.25) is 39.0 Å². The number of allylic oxidation sites excluding steroid dienone is 3. The second-order valence-electron chi connectivity index (χ2n) is 25.6. The third-order valence-corrected chi connectivity index (χ3v) is 22.1. The van der Waals surface area contributed by atoms with Gasteiger partial charge in [-0.25, -0.2) is 14.4 Å². The lowest BCUT2D eigenvalue weighted by atomic mass is 9.81. The maximum Gasteiger partial charge on any atom is 0.409 e. The van der Waals surface area contributed by atoms with Crippen LogP contribution in [0.3, 0.4) is 0 Å². The molecule has 8 rings (SSSR count). The van der Waals surface area contributed by atoms with Crippen LogP contribution < -0.4 is 36.2 Å². The van der Waals surface area contributed by atoms with E-state index in [2.05, 4.69) is 26.6 Å². The monoisotopic (exact) mass is 1370 g/mol. The first kappa shape index (κ1) is 74.1. The molecule has 6 N–H and O–H groups in total. The number of fused-ring (bicyclic) bond motifs is 6. The number of anilines is 1. The van der Waals surface area contributed by atoms with Crippen LogP contribution >= 0.6 is 35.1 Å². The predicted molar refractivity (Wildman–Crippen MR) is 351 cm³/mol. The van der Waals surface area contributed by atoms with Gasteiger partial charge in [-0.05, 0) is 89.3 Å². The Labute approximate surface area is 563 Å². The summed E-state index contributed by atoms with van der Waals surface area (Å²) in [5.41, 5.74) is -1.21. The minimum Gasteiger partial charge on any atom is -0.495 e. The largest absolute Gasteiger partial charge is 0.495 e. The minimum atomic E-state index is -1.89. The smallest absolute Gasteiger partial charge is 0.409 e. The summed E-state index contributed by atoms with van der Waals surface area (Å²) in [6.07, 6.45) is 6.02. The molecule has 3 unspecified atom stereocenters. The van der Waals surface area contributed by atoms with Crippen molar-refractivity contribution in [2.75, 3.05) is 104 Å². The van der Waals surface area contributed by atoms with Gasteiger partial charge in [0.05, 0.1) is 82.3 Å². The molecule has 1 aromatic rings. The number of methoxy groups -OCH3 is 2. The molecule has 94 heavy (non-hydrogen) atoms. The lowest BCUT2D eigenvalue weighted by molar-refractivity contribution is -0.162. The zero-order valence-corrected chi connectivity index (χ0v) is 57.6. The van der Waals surface area contributed by atoms with Crippen molar-refractivity contribution < 1.29 is 86.2 Å². The Hall–Kier alpha value is -5.72. The summed E-state index contributed by atoms with van der Waals surface area (Å²) in [5, 5.41) is 26.1. The van der Waals surface area contributed by atoms with Gasteiger partial charge >= 0.3 is 18.1 Å². The lowest BCUT2D eigenvalue weighted by Crippen LogP contribution is -2.63. The summed E-state index contributed by atoms with van der Waals surface area (Å²) in [5.74, 6) is -1.71. The fourth-order valence-corrected chi connectivity index (χ4v) is 16.0. The standard InChI is InChI=1S/C65H95ClN8O18S2/c1-38-12-11-14-50(86-8)65(84)35-47(90-63(83)71-65)39(2)58-64(4,92-58)51(34-54(77)73(6)45-31-42(30-38)32-46(85-7)56(45)66)91-61(81)40(3)72(5)53(76)20-29-93-49-33-55(78)74(60(49)80)36-41-16-18-43(19-17-41)59(79)68-22-24-88-26-28-89-27-25-87-23-21-67-52(75)15-10-9-13-48-57-44(37-94-48)69-62(82)70-57/h11-12,14,31-32,39-41,43-44,47-51,57-58,84H,9-10,13,15-30,33-37H2,1-8H3,(H,67,75)(H,68,79)(H,71,83)(H2,69,70,82)/b14-11+,38-12+/t39-,40-,41?,43?,44-,47?,48-,49?,50-,51+,57-,58+,64+,65?/m1/s1. The maximum absolute atomic E-state index is 14.4. The van der Waals surface area contributed by atoms with Crippen molar-refractivity contribution in [1.82, 2.24) is 36.4 Å². The van der Waals surface area contributed by atoms with E-state index >= 15 is 0 Å². The highest BCUT2D eigenvalue weighted by molar-refractivity contribution is 8.00. The number of alkyl carbamates (subject to hydrolysis) is 1. The number of aliphatic hydroxyl groups is 1. The molecule has 6 aliphatic heterocycles. The molecule has 1 aliphatic carbocycles. The predicted octanol–water partition coefficient (Wildman–Crippen LogP) is 4.58. The van der Waals surface area contributed by atoms with Gasteiger partial charge in [0, 0.05) is 95.1 Å². The Kier molecular flexibility index (Phi) is 27.2. The number of unbranched alkanes of at least 4 members (excludes halogenated alkanes) is 1. The Morgan fingerprint density at radius 3 is 2.34 bits per heavy atom. The van der Waals surface area contributed by atoms with Crippen LogP contribution in [-0.4, -0.2) is 232 Å². The van der Waals surface area contributed by atoms with E-state index in [4.69, 9.17) is 49.5 Å². The van der Waals surface area contributed by atoms with Crippen LogP contribution in [0.2, 0.25) is 5.02 Å². The summed E-state index contributed by atoms with van der Waals surface area (Å²) in [4.78, 5) is 123. The first-order valence-electron chi connectivity index (χ1n) is 32.7. The topological polar surface area (TPSA) is 321 Å². The average Bonchev–Trinajstić information content (AvgIpc) is 1.57. The third kappa shape index (κ3) is 19.5. The van der Waals surface area contributed by atoms with E-state index in [-0.39, 0.29) is 90.2 Å². The Balaban J connectivity index is 0.713. The zero-order chi connectivity index (χ0) is 67.9. The number of amides is 9. The van der Waals surface area contributed by atoms with E-state index in [0.717, 1.165) is 36.2 Å². The molecule has 0 radical (unpaired) electrons. The number of epoxide rings is 1. The SMILES string of the molecule is COc1cc2cc(c1Cl)N(C)C(=O)C[C@H](OC(=O)[C@@H](C)N(C)C(=O)CCSC1CC(=O)N(CC3CCC(C(=O)NCCOCCOCCOCCNC(=O)CCCC[C@H]4SC[C@H]5NC(=O)N[C@H]54)CC3)C1=O)[C@]1(C)O[C@H]1[C@H](C)C1CC(O)(NC(=O)O1)[C@H](OC)/C=C/C=C(\C)C2. The number of likely N-dealkylation sites (tertiary alicyclic amines) is 1. The Bertz CT molecular complexity index is 2940. The molecule has 0 spiro atoms. The number of rotatable bonds is 29. The van der Waals surface area contributed by atoms with Crippen LogP contribution in [0.25, 0.3) is 0 Å². The summed E-state index contributed by atoms with van der Waals surface area (Å²) in [6.45, 7) is 10.1. The number of thioether (sulfide) groups is 2. The van der Waals surface area contributed by atoms with E-state index in [1.807, 2.05) is 24.8 Å². The molecule has 9 amide bonds. The van der Waals surface area contributed by atoms with Gasteiger partial charge in [0.1, 0.15) is 40.7 Å². The molecule has 1 saturated carbocycles. The van der Waals surface area contributed by atoms with Crippen molar-refractivity contribution in [1.29, 1.82) is 0 Å². The van der Waals surface area contributed by atoms with Crippen molar-refractivity contribution in [2.24, 2.45) is 17.8 Å². The molecule has 12 atom stereocenters. The number of nitrogens with zero attached hydrogens (tertiary/aromatic N) is 3. The Morgan fingerprint density at radius 2 is 1.64 bits per heavy atom. The highest BCUT2D eigenvalue weighted by Gasteiger charge is 2.64. The molecule has 7 aliphatic rings. The molecular formula is C65H95ClN8O18S2. The van der Waals surface area contributed by atoms with Crippen LogP contribution in [0.1, 0.15) is 110 Å². The summed E-state index contributed by atoms with van der Waals surface area (Å²) >= 11 is 9.93. The molecule has 522 valence electrons. The number of likely N-dealkylation sites (N-methyl/N-ethyl adjacent to an activating group) is 1. The quantitative estimate of drug-likeness (QED) is 0.0210. The van der Waals surface area contributed by atoms with Crippen molar-refractivity contribution in [2.45, 2.75) is 176 Å². The number of benzene rings is 1. The van der Waals surface area contributed by atoms with Crippen molar-refractivity contribution in [3.8, 4) is 5.75 Å². The minimum absolute atomic E-state index is 0.00182. The van der Waals surface area contributed by atoms with E-state index < -0.39 is 83.2 Å². The molecule has 6 fully saturated rings. The van der Waals surface area contributed by atoms with E-state index in [9.17, 15) is 48.3 Å². The first-order valence-corrected chi connectivity index (χ1v) is 35.2. The number of hydrogen-bond donors (Lipinski definition) is 6. The zero-order valence-electron chi connectivity index (χ0n) is 55.2. The summed E-state index contributed by atoms with van der Waals surface area (Å²) in [6, 6.07) is 2.69. The molecule has 6 heterocycles. The van der Waals surface area contributed by atoms with Gasteiger partial charge in [-0.1, -0.05) is 48.7 Å². The van der Waals surface area contributed by atoms with Gasteiger partial charge < -0.3 is 74.1 Å². The molecule has 29 heteroatoms. The molecule has 4 bridgehead atoms. The average molecular weight is 1380 g/mol. The van der Waals surface area contributed by atoms with Crippen molar-refractivity contribution in [3.63, 3.8) is 0 Å². The fourth-order valence-electron chi connectivity index (χ4n) is 13.1. The lowest BCUT2D eigenvalue weighted by Gasteiger charge is -2.42. The van der Waals surface area contributed by atoms with Crippen LogP contribution in [0.4, 0.5) is 15.3 Å². The molecule has 0 aromatic heterocycles. The van der Waals surface area contributed by atoms with Gasteiger partial charge in [0.15, 0.2) is 5.72 Å². The number of carbonyl (C=O) groups excluding carboxylic acids is 9. The summed E-state index contributed by atoms with van der Waals surface area (Å²) < 4.78 is 46.3. The molecule has 1 aromatic carbocycles. The number of carbonyl (C=O) groups is 9. The second-order valence-corrected chi connectivity index (χ2v) is 28.6. The number of hydrogen-bond acceptors (Lipinski definition) is 20. The van der Waals surface area contributed by atoms with Gasteiger partial charge in [-0.2, -0.15) is 11.8 Å². The summed E-state index contributed by atoms with van der Waals surface area (Å²) in [7, 11) is 5.88. The number of imide groups is 1.